The van der Waals surface area contributed by atoms with Crippen LogP contribution in [0.4, 0.5) is 11.4 Å². The van der Waals surface area contributed by atoms with Crippen molar-refractivity contribution < 1.29 is 43.5 Å². The molecule has 51 heavy (non-hydrogen) atoms. The number of aliphatic carboxylic acids is 2. The summed E-state index contributed by atoms with van der Waals surface area (Å²) in [5, 5.41) is 20.8. The van der Waals surface area contributed by atoms with Crippen LogP contribution in [-0.4, -0.2) is 67.2 Å². The SMILES string of the molecule is CCO[C@@H](Cc1ccc(OCCc2ccc(N)cc2)cc1)C(=O)O.CCO[C@@H](Cc1ccc(OCCc2ccc(NC=O)cc2)cc1)C(=O)O.Cl. The fourth-order valence-electron chi connectivity index (χ4n) is 4.80. The number of carboxylic acid groups (broad SMARTS) is 2. The third kappa shape index (κ3) is 16.0. The molecule has 4 aromatic rings. The van der Waals surface area contributed by atoms with Gasteiger partial charge in [0.15, 0.2) is 12.2 Å². The predicted molar refractivity (Wildman–Crippen MR) is 199 cm³/mol. The lowest BCUT2D eigenvalue weighted by Crippen LogP contribution is -2.26. The molecule has 0 aromatic heterocycles. The van der Waals surface area contributed by atoms with Crippen molar-refractivity contribution in [3.05, 3.63) is 119 Å². The molecule has 0 unspecified atom stereocenters. The second-order valence-corrected chi connectivity index (χ2v) is 11.2. The molecule has 0 spiro atoms. The molecule has 12 heteroatoms. The van der Waals surface area contributed by atoms with E-state index in [0.717, 1.165) is 52.4 Å². The summed E-state index contributed by atoms with van der Waals surface area (Å²) in [6, 6.07) is 30.1. The number of nitrogen functional groups attached to an aromatic ring is 1. The second-order valence-electron chi connectivity index (χ2n) is 11.2. The topological polar surface area (TPSA) is 167 Å². The Morgan fingerprint density at radius 3 is 1.37 bits per heavy atom. The summed E-state index contributed by atoms with van der Waals surface area (Å²) in [7, 11) is 0. The van der Waals surface area contributed by atoms with Crippen LogP contribution in [0.15, 0.2) is 97.1 Å². The number of nitrogens with one attached hydrogen (secondary N) is 1. The van der Waals surface area contributed by atoms with Crippen molar-refractivity contribution in [3.8, 4) is 11.5 Å². The van der Waals surface area contributed by atoms with Gasteiger partial charge in [-0.3, -0.25) is 4.79 Å². The van der Waals surface area contributed by atoms with Gasteiger partial charge < -0.3 is 40.2 Å². The number of benzene rings is 4. The van der Waals surface area contributed by atoms with Crippen molar-refractivity contribution in [3.63, 3.8) is 0 Å². The molecule has 4 rings (SSSR count). The Bertz CT molecular complexity index is 1580. The van der Waals surface area contributed by atoms with Crippen molar-refractivity contribution in [1.82, 2.24) is 0 Å². The normalized spacial score (nSPS) is 11.5. The molecule has 274 valence electrons. The maximum atomic E-state index is 11.1. The lowest BCUT2D eigenvalue weighted by molar-refractivity contribution is -0.150. The van der Waals surface area contributed by atoms with E-state index < -0.39 is 24.1 Å². The van der Waals surface area contributed by atoms with Crippen LogP contribution in [0.2, 0.25) is 0 Å². The van der Waals surface area contributed by atoms with Gasteiger partial charge in [-0.05, 0) is 84.6 Å². The first-order chi connectivity index (χ1) is 24.2. The van der Waals surface area contributed by atoms with Crippen LogP contribution in [0.1, 0.15) is 36.1 Å². The minimum absolute atomic E-state index is 0. The van der Waals surface area contributed by atoms with Crippen molar-refractivity contribution in [2.75, 3.05) is 37.5 Å². The average Bonchev–Trinajstić information content (AvgIpc) is 3.11. The lowest BCUT2D eigenvalue weighted by atomic mass is 10.1. The number of ether oxygens (including phenoxy) is 4. The maximum Gasteiger partial charge on any atom is 0.333 e. The molecule has 0 aliphatic heterocycles. The predicted octanol–water partition coefficient (Wildman–Crippen LogP) is 6.25. The number of halogens is 1. The number of rotatable bonds is 20. The third-order valence-corrected chi connectivity index (χ3v) is 7.45. The fourth-order valence-corrected chi connectivity index (χ4v) is 4.80. The summed E-state index contributed by atoms with van der Waals surface area (Å²) in [5.41, 5.74) is 11.2. The molecular formula is C39H47ClN2O9. The number of carbonyl (C=O) groups is 3. The molecule has 5 N–H and O–H groups in total. The van der Waals surface area contributed by atoms with E-state index in [-0.39, 0.29) is 12.4 Å². The van der Waals surface area contributed by atoms with Gasteiger partial charge in [-0.2, -0.15) is 0 Å². The minimum atomic E-state index is -0.957. The summed E-state index contributed by atoms with van der Waals surface area (Å²) in [5.74, 6) is -0.407. The molecule has 0 aliphatic carbocycles. The van der Waals surface area contributed by atoms with E-state index in [2.05, 4.69) is 5.32 Å². The van der Waals surface area contributed by atoms with E-state index in [1.54, 1.807) is 13.8 Å². The minimum Gasteiger partial charge on any atom is -0.493 e. The first-order valence-corrected chi connectivity index (χ1v) is 16.5. The summed E-state index contributed by atoms with van der Waals surface area (Å²) in [6.07, 6.45) is 1.21. The van der Waals surface area contributed by atoms with Crippen LogP contribution in [0.5, 0.6) is 11.5 Å². The molecule has 0 heterocycles. The maximum absolute atomic E-state index is 11.1. The first-order valence-electron chi connectivity index (χ1n) is 16.5. The zero-order chi connectivity index (χ0) is 36.1. The van der Waals surface area contributed by atoms with E-state index in [0.29, 0.717) is 45.7 Å². The van der Waals surface area contributed by atoms with Crippen molar-refractivity contribution in [1.29, 1.82) is 0 Å². The van der Waals surface area contributed by atoms with Gasteiger partial charge in [0.05, 0.1) is 13.2 Å². The molecule has 2 atom stereocenters. The Morgan fingerprint density at radius 2 is 1.02 bits per heavy atom. The highest BCUT2D eigenvalue weighted by atomic mass is 35.5. The molecule has 11 nitrogen and oxygen atoms in total. The third-order valence-electron chi connectivity index (χ3n) is 7.45. The lowest BCUT2D eigenvalue weighted by Gasteiger charge is -2.13. The average molecular weight is 723 g/mol. The van der Waals surface area contributed by atoms with Crippen LogP contribution >= 0.6 is 12.4 Å². The Balaban J connectivity index is 0.000000348. The number of hydrogen-bond donors (Lipinski definition) is 4. The molecule has 0 bridgehead atoms. The van der Waals surface area contributed by atoms with Gasteiger partial charge in [-0.1, -0.05) is 48.5 Å². The van der Waals surface area contributed by atoms with Gasteiger partial charge in [-0.15, -0.1) is 12.4 Å². The Kier molecular flexibility index (Phi) is 19.2. The van der Waals surface area contributed by atoms with Crippen LogP contribution in [0.3, 0.4) is 0 Å². The zero-order valence-electron chi connectivity index (χ0n) is 28.9. The highest BCUT2D eigenvalue weighted by Crippen LogP contribution is 2.17. The fraction of sp³-hybridized carbons (Fsp3) is 0.308. The zero-order valence-corrected chi connectivity index (χ0v) is 29.7. The molecule has 4 aromatic carbocycles. The summed E-state index contributed by atoms with van der Waals surface area (Å²) < 4.78 is 21.9. The van der Waals surface area contributed by atoms with Gasteiger partial charge in [0.25, 0.3) is 0 Å². The van der Waals surface area contributed by atoms with E-state index in [9.17, 15) is 14.4 Å². The number of anilines is 2. The van der Waals surface area contributed by atoms with Gasteiger partial charge >= 0.3 is 11.9 Å². The molecular weight excluding hydrogens is 676 g/mol. The number of carboxylic acids is 2. The molecule has 0 saturated heterocycles. The van der Waals surface area contributed by atoms with Crippen LogP contribution in [0, 0.1) is 0 Å². The number of carbonyl (C=O) groups excluding carboxylic acids is 1. The number of nitrogens with two attached hydrogens (primary N) is 1. The molecule has 0 saturated carbocycles. The monoisotopic (exact) mass is 722 g/mol. The number of amides is 1. The van der Waals surface area contributed by atoms with Crippen LogP contribution in [0.25, 0.3) is 0 Å². The first kappa shape index (κ1) is 42.1. The highest BCUT2D eigenvalue weighted by molar-refractivity contribution is 5.85. The van der Waals surface area contributed by atoms with Crippen molar-refractivity contribution >= 4 is 42.1 Å². The van der Waals surface area contributed by atoms with Gasteiger partial charge in [0, 0.05) is 50.3 Å². The van der Waals surface area contributed by atoms with Crippen LogP contribution < -0.4 is 20.5 Å². The molecule has 1 amide bonds. The molecule has 0 aliphatic rings. The highest BCUT2D eigenvalue weighted by Gasteiger charge is 2.18. The van der Waals surface area contributed by atoms with Gasteiger partial charge in [-0.25, -0.2) is 9.59 Å². The van der Waals surface area contributed by atoms with E-state index >= 15 is 0 Å². The van der Waals surface area contributed by atoms with Crippen molar-refractivity contribution in [2.24, 2.45) is 0 Å². The second kappa shape index (κ2) is 23.3. The largest absolute Gasteiger partial charge is 0.493 e. The van der Waals surface area contributed by atoms with Crippen molar-refractivity contribution in [2.45, 2.75) is 51.7 Å². The Hall–Kier alpha value is -5.10. The van der Waals surface area contributed by atoms with E-state index in [4.69, 9.17) is 34.9 Å². The van der Waals surface area contributed by atoms with E-state index in [1.165, 1.54) is 5.56 Å². The van der Waals surface area contributed by atoms with Gasteiger partial charge in [0.2, 0.25) is 6.41 Å². The Labute approximate surface area is 305 Å². The summed E-state index contributed by atoms with van der Waals surface area (Å²) in [6.45, 7) is 5.40. The van der Waals surface area contributed by atoms with Crippen LogP contribution in [-0.2, 0) is 49.5 Å². The molecule has 0 fully saturated rings. The van der Waals surface area contributed by atoms with E-state index in [1.807, 2.05) is 97.1 Å². The number of hydrogen-bond acceptors (Lipinski definition) is 8. The Morgan fingerprint density at radius 1 is 0.647 bits per heavy atom. The smallest absolute Gasteiger partial charge is 0.333 e. The quantitative estimate of drug-likeness (QED) is 0.0605. The summed E-state index contributed by atoms with van der Waals surface area (Å²) in [4.78, 5) is 32.6. The summed E-state index contributed by atoms with van der Waals surface area (Å²) >= 11 is 0. The van der Waals surface area contributed by atoms with Gasteiger partial charge in [0.1, 0.15) is 11.5 Å². The standard InChI is InChI=1S/C20H23NO5.C19H23NO4.ClH/c1-2-25-19(20(23)24)13-16-5-9-18(10-6-16)26-12-11-15-3-7-17(8-4-15)21-14-22;1-2-23-18(19(21)22)13-15-5-9-17(10-6-15)24-12-11-14-3-7-16(20)8-4-14;/h3-10,14,19H,2,11-13H2,1H3,(H,21,22)(H,23,24);3-10,18H,2,11-13,20H2,1H3,(H,21,22);1H/t19-;18-;/m00./s1. The molecule has 0 radical (unpaired) electrons.